The predicted octanol–water partition coefficient (Wildman–Crippen LogP) is 4.58. The minimum Gasteiger partial charge on any atom is -0.443 e. The summed E-state index contributed by atoms with van der Waals surface area (Å²) in [6.45, 7) is 8.70. The van der Waals surface area contributed by atoms with Crippen molar-refractivity contribution in [3.8, 4) is 0 Å². The Morgan fingerprint density at radius 3 is 2.74 bits per heavy atom. The third-order valence-corrected chi connectivity index (χ3v) is 4.54. The van der Waals surface area contributed by atoms with Crippen LogP contribution in [-0.4, -0.2) is 24.3 Å². The zero-order valence-electron chi connectivity index (χ0n) is 14.7. The summed E-state index contributed by atoms with van der Waals surface area (Å²) in [6.07, 6.45) is 4.43. The number of amides is 1. The maximum Gasteiger partial charge on any atom is 0.414 e. The lowest BCUT2D eigenvalue weighted by Crippen LogP contribution is -2.39. The average Bonchev–Trinajstić information content (AvgIpc) is 3.29. The van der Waals surface area contributed by atoms with Gasteiger partial charge in [0.25, 0.3) is 0 Å². The van der Waals surface area contributed by atoms with Gasteiger partial charge in [0, 0.05) is 18.3 Å². The largest absolute Gasteiger partial charge is 0.443 e. The molecule has 0 spiro atoms. The third kappa shape index (κ3) is 3.98. The fourth-order valence-corrected chi connectivity index (χ4v) is 3.17. The number of hydrogen-bond acceptors (Lipinski definition) is 3. The van der Waals surface area contributed by atoms with Gasteiger partial charge in [-0.05, 0) is 83.1 Å². The highest BCUT2D eigenvalue weighted by molar-refractivity contribution is 5.90. The first-order valence-electron chi connectivity index (χ1n) is 8.73. The van der Waals surface area contributed by atoms with Crippen molar-refractivity contribution in [1.29, 1.82) is 0 Å². The van der Waals surface area contributed by atoms with Crippen LogP contribution in [0, 0.1) is 5.92 Å². The molecule has 4 heteroatoms. The Hall–Kier alpha value is -1.71. The SMILES string of the molecule is CC(Nc1ccc2c(c1)CCCN2C(=O)OC(C)(C)C)C1CC1. The Bertz CT molecular complexity index is 588. The first-order valence-corrected chi connectivity index (χ1v) is 8.73. The summed E-state index contributed by atoms with van der Waals surface area (Å²) >= 11 is 0. The van der Waals surface area contributed by atoms with Crippen molar-refractivity contribution in [2.45, 2.75) is 65.0 Å². The molecule has 126 valence electrons. The summed E-state index contributed by atoms with van der Waals surface area (Å²) in [4.78, 5) is 14.2. The highest BCUT2D eigenvalue weighted by Crippen LogP contribution is 2.35. The first-order chi connectivity index (χ1) is 10.8. The molecule has 1 aliphatic heterocycles. The third-order valence-electron chi connectivity index (χ3n) is 4.54. The molecule has 1 fully saturated rings. The number of nitrogens with one attached hydrogen (secondary N) is 1. The van der Waals surface area contributed by atoms with Crippen molar-refractivity contribution in [2.24, 2.45) is 5.92 Å². The topological polar surface area (TPSA) is 41.6 Å². The van der Waals surface area contributed by atoms with Gasteiger partial charge in [0.15, 0.2) is 0 Å². The number of fused-ring (bicyclic) bond motifs is 1. The Labute approximate surface area is 139 Å². The summed E-state index contributed by atoms with van der Waals surface area (Å²) in [6, 6.07) is 6.87. The molecular formula is C19H28N2O2. The second-order valence-electron chi connectivity index (χ2n) is 7.85. The molecule has 1 aromatic carbocycles. The van der Waals surface area contributed by atoms with Gasteiger partial charge in [0.1, 0.15) is 5.60 Å². The fourth-order valence-electron chi connectivity index (χ4n) is 3.17. The molecule has 1 aliphatic carbocycles. The van der Waals surface area contributed by atoms with Crippen LogP contribution in [0.4, 0.5) is 16.2 Å². The van der Waals surface area contributed by atoms with Crippen molar-refractivity contribution in [1.82, 2.24) is 0 Å². The van der Waals surface area contributed by atoms with Gasteiger partial charge in [-0.3, -0.25) is 4.90 Å². The van der Waals surface area contributed by atoms with Crippen LogP contribution >= 0.6 is 0 Å². The smallest absolute Gasteiger partial charge is 0.414 e. The number of anilines is 2. The lowest BCUT2D eigenvalue weighted by Gasteiger charge is -2.32. The monoisotopic (exact) mass is 316 g/mol. The second kappa shape index (κ2) is 6.06. The number of hydrogen-bond donors (Lipinski definition) is 1. The highest BCUT2D eigenvalue weighted by Gasteiger charge is 2.29. The molecule has 0 bridgehead atoms. The van der Waals surface area contributed by atoms with Crippen molar-refractivity contribution in [3.63, 3.8) is 0 Å². The van der Waals surface area contributed by atoms with Gasteiger partial charge in [-0.2, -0.15) is 0 Å². The van der Waals surface area contributed by atoms with E-state index >= 15 is 0 Å². The number of carbonyl (C=O) groups is 1. The summed E-state index contributed by atoms with van der Waals surface area (Å²) in [7, 11) is 0. The molecule has 1 heterocycles. The molecular weight excluding hydrogens is 288 g/mol. The van der Waals surface area contributed by atoms with Gasteiger partial charge >= 0.3 is 6.09 Å². The van der Waals surface area contributed by atoms with E-state index in [4.69, 9.17) is 4.74 Å². The molecule has 1 aromatic rings. The number of rotatable bonds is 3. The maximum atomic E-state index is 12.4. The molecule has 0 radical (unpaired) electrons. The molecule has 0 saturated heterocycles. The first kappa shape index (κ1) is 16.2. The highest BCUT2D eigenvalue weighted by atomic mass is 16.6. The summed E-state index contributed by atoms with van der Waals surface area (Å²) in [5, 5.41) is 3.60. The fraction of sp³-hybridized carbons (Fsp3) is 0.632. The van der Waals surface area contributed by atoms with E-state index in [1.54, 1.807) is 4.90 Å². The number of ether oxygens (including phenoxy) is 1. The molecule has 1 atom stereocenters. The van der Waals surface area contributed by atoms with Crippen molar-refractivity contribution < 1.29 is 9.53 Å². The Morgan fingerprint density at radius 2 is 2.09 bits per heavy atom. The molecule has 23 heavy (non-hydrogen) atoms. The van der Waals surface area contributed by atoms with Gasteiger partial charge in [-0.15, -0.1) is 0 Å². The Morgan fingerprint density at radius 1 is 1.35 bits per heavy atom. The van der Waals surface area contributed by atoms with Crippen molar-refractivity contribution in [2.75, 3.05) is 16.8 Å². The van der Waals surface area contributed by atoms with Gasteiger partial charge in [0.2, 0.25) is 0 Å². The van der Waals surface area contributed by atoms with Crippen molar-refractivity contribution in [3.05, 3.63) is 23.8 Å². The number of aryl methyl sites for hydroxylation is 1. The molecule has 3 rings (SSSR count). The van der Waals surface area contributed by atoms with E-state index in [1.165, 1.54) is 18.4 Å². The Balaban J connectivity index is 1.75. The van der Waals surface area contributed by atoms with E-state index in [1.807, 2.05) is 20.8 Å². The van der Waals surface area contributed by atoms with Gasteiger partial charge in [-0.1, -0.05) is 0 Å². The van der Waals surface area contributed by atoms with E-state index in [0.29, 0.717) is 6.04 Å². The lowest BCUT2D eigenvalue weighted by molar-refractivity contribution is 0.0578. The summed E-state index contributed by atoms with van der Waals surface area (Å²) in [5.41, 5.74) is 2.93. The number of nitrogens with zero attached hydrogens (tertiary/aromatic N) is 1. The molecule has 1 N–H and O–H groups in total. The van der Waals surface area contributed by atoms with Crippen LogP contribution in [0.1, 0.15) is 52.5 Å². The van der Waals surface area contributed by atoms with Crippen molar-refractivity contribution >= 4 is 17.5 Å². The van der Waals surface area contributed by atoms with Crippen LogP contribution in [-0.2, 0) is 11.2 Å². The van der Waals surface area contributed by atoms with Crippen LogP contribution in [0.25, 0.3) is 0 Å². The minimum atomic E-state index is -0.462. The number of benzene rings is 1. The van der Waals surface area contributed by atoms with Gasteiger partial charge in [-0.25, -0.2) is 4.79 Å². The van der Waals surface area contributed by atoms with E-state index < -0.39 is 5.60 Å². The quantitative estimate of drug-likeness (QED) is 0.887. The van der Waals surface area contributed by atoms with E-state index in [2.05, 4.69) is 30.4 Å². The average molecular weight is 316 g/mol. The van der Waals surface area contributed by atoms with E-state index in [9.17, 15) is 4.79 Å². The van der Waals surface area contributed by atoms with E-state index in [-0.39, 0.29) is 6.09 Å². The zero-order valence-corrected chi connectivity index (χ0v) is 14.7. The second-order valence-corrected chi connectivity index (χ2v) is 7.85. The molecule has 1 unspecified atom stereocenters. The molecule has 1 saturated carbocycles. The lowest BCUT2D eigenvalue weighted by atomic mass is 10.0. The normalized spacial score (nSPS) is 19.0. The molecule has 4 nitrogen and oxygen atoms in total. The van der Waals surface area contributed by atoms with Crippen LogP contribution in [0.15, 0.2) is 18.2 Å². The van der Waals surface area contributed by atoms with Crippen LogP contribution < -0.4 is 10.2 Å². The van der Waals surface area contributed by atoms with Crippen LogP contribution in [0.5, 0.6) is 0 Å². The van der Waals surface area contributed by atoms with E-state index in [0.717, 1.165) is 36.7 Å². The molecule has 1 amide bonds. The molecule has 2 aliphatic rings. The summed E-state index contributed by atoms with van der Waals surface area (Å²) in [5.74, 6) is 0.823. The summed E-state index contributed by atoms with van der Waals surface area (Å²) < 4.78 is 5.54. The zero-order chi connectivity index (χ0) is 16.6. The standard InChI is InChI=1S/C19H28N2O2/c1-13(14-7-8-14)20-16-9-10-17-15(12-16)6-5-11-21(17)18(22)23-19(2,3)4/h9-10,12-14,20H,5-8,11H2,1-4H3. The minimum absolute atomic E-state index is 0.245. The van der Waals surface area contributed by atoms with Gasteiger partial charge in [0.05, 0.1) is 5.69 Å². The van der Waals surface area contributed by atoms with Crippen LogP contribution in [0.3, 0.4) is 0 Å². The Kier molecular flexibility index (Phi) is 4.26. The number of carbonyl (C=O) groups excluding carboxylic acids is 1. The molecule has 0 aromatic heterocycles. The van der Waals surface area contributed by atoms with Crippen LogP contribution in [0.2, 0.25) is 0 Å². The maximum absolute atomic E-state index is 12.4. The van der Waals surface area contributed by atoms with Gasteiger partial charge < -0.3 is 10.1 Å². The predicted molar refractivity (Wildman–Crippen MR) is 94.2 cm³/mol.